The van der Waals surface area contributed by atoms with Crippen LogP contribution in [-0.2, 0) is 9.84 Å². The molecule has 0 radical (unpaired) electrons. The number of likely N-dealkylation sites (tertiary alicyclic amines) is 1. The first-order valence-corrected chi connectivity index (χ1v) is 6.69. The minimum absolute atomic E-state index is 0.230. The van der Waals surface area contributed by atoms with E-state index in [1.165, 1.54) is 6.26 Å². The molecule has 1 saturated heterocycles. The largest absolute Gasteiger partial charge is 0.327 e. The standard InChI is InChI=1S/C8H18N2O2S/c1-13(11,12)6-5-10-4-2-3-8(9)7-10/h8H,2-7,9H2,1H3. The predicted molar refractivity (Wildman–Crippen MR) is 53.4 cm³/mol. The van der Waals surface area contributed by atoms with Crippen molar-refractivity contribution in [2.75, 3.05) is 31.6 Å². The Morgan fingerprint density at radius 3 is 2.77 bits per heavy atom. The molecule has 1 aliphatic heterocycles. The highest BCUT2D eigenvalue weighted by molar-refractivity contribution is 7.90. The molecule has 1 unspecified atom stereocenters. The van der Waals surface area contributed by atoms with Gasteiger partial charge in [0.2, 0.25) is 0 Å². The smallest absolute Gasteiger partial charge is 0.148 e. The van der Waals surface area contributed by atoms with E-state index in [0.29, 0.717) is 6.54 Å². The molecule has 5 heteroatoms. The zero-order valence-corrected chi connectivity index (χ0v) is 8.89. The fourth-order valence-electron chi connectivity index (χ4n) is 1.59. The van der Waals surface area contributed by atoms with Crippen LogP contribution in [0.2, 0.25) is 0 Å². The fourth-order valence-corrected chi connectivity index (χ4v) is 2.18. The Morgan fingerprint density at radius 2 is 2.23 bits per heavy atom. The number of rotatable bonds is 3. The van der Waals surface area contributed by atoms with E-state index < -0.39 is 9.84 Å². The van der Waals surface area contributed by atoms with Gasteiger partial charge in [-0.25, -0.2) is 8.42 Å². The number of hydrogen-bond donors (Lipinski definition) is 1. The third-order valence-corrected chi connectivity index (χ3v) is 3.24. The molecule has 1 aliphatic rings. The van der Waals surface area contributed by atoms with Gasteiger partial charge in [0.15, 0.2) is 0 Å². The molecule has 0 saturated carbocycles. The molecule has 0 aromatic heterocycles. The highest BCUT2D eigenvalue weighted by Gasteiger charge is 2.17. The highest BCUT2D eigenvalue weighted by atomic mass is 32.2. The Labute approximate surface area is 80.0 Å². The third-order valence-electron chi connectivity index (χ3n) is 2.32. The molecule has 1 rings (SSSR count). The van der Waals surface area contributed by atoms with Gasteiger partial charge >= 0.3 is 0 Å². The Kier molecular flexibility index (Phi) is 3.70. The van der Waals surface area contributed by atoms with Crippen LogP contribution in [0.3, 0.4) is 0 Å². The Hall–Kier alpha value is -0.130. The number of nitrogens with two attached hydrogens (primary N) is 1. The SMILES string of the molecule is CS(=O)(=O)CCN1CCCC(N)C1. The van der Waals surface area contributed by atoms with E-state index in [1.54, 1.807) is 0 Å². The van der Waals surface area contributed by atoms with E-state index in [2.05, 4.69) is 4.90 Å². The van der Waals surface area contributed by atoms with Crippen molar-refractivity contribution in [3.05, 3.63) is 0 Å². The summed E-state index contributed by atoms with van der Waals surface area (Å²) in [6, 6.07) is 0.230. The number of sulfone groups is 1. The van der Waals surface area contributed by atoms with Crippen molar-refractivity contribution in [3.8, 4) is 0 Å². The Morgan fingerprint density at radius 1 is 1.54 bits per heavy atom. The molecular weight excluding hydrogens is 188 g/mol. The number of hydrogen-bond acceptors (Lipinski definition) is 4. The molecular formula is C8H18N2O2S. The summed E-state index contributed by atoms with van der Waals surface area (Å²) in [6.45, 7) is 2.46. The second-order valence-corrected chi connectivity index (χ2v) is 6.09. The molecule has 13 heavy (non-hydrogen) atoms. The summed E-state index contributed by atoms with van der Waals surface area (Å²) in [5.41, 5.74) is 5.77. The maximum absolute atomic E-state index is 10.9. The monoisotopic (exact) mass is 206 g/mol. The minimum Gasteiger partial charge on any atom is -0.327 e. The number of nitrogens with zero attached hydrogens (tertiary/aromatic N) is 1. The molecule has 0 aromatic rings. The van der Waals surface area contributed by atoms with Gasteiger partial charge in [0.05, 0.1) is 5.75 Å². The lowest BCUT2D eigenvalue weighted by Crippen LogP contribution is -2.44. The average molecular weight is 206 g/mol. The summed E-state index contributed by atoms with van der Waals surface area (Å²) in [4.78, 5) is 2.13. The van der Waals surface area contributed by atoms with Gasteiger partial charge < -0.3 is 10.6 Å². The lowest BCUT2D eigenvalue weighted by molar-refractivity contribution is 0.220. The van der Waals surface area contributed by atoms with Gasteiger partial charge in [0.1, 0.15) is 9.84 Å². The molecule has 0 aliphatic carbocycles. The van der Waals surface area contributed by atoms with Gasteiger partial charge in [-0.15, -0.1) is 0 Å². The summed E-state index contributed by atoms with van der Waals surface area (Å²) < 4.78 is 21.8. The fraction of sp³-hybridized carbons (Fsp3) is 1.00. The highest BCUT2D eigenvalue weighted by Crippen LogP contribution is 2.07. The first kappa shape index (κ1) is 10.9. The van der Waals surface area contributed by atoms with Gasteiger partial charge in [0, 0.05) is 25.4 Å². The van der Waals surface area contributed by atoms with Crippen LogP contribution < -0.4 is 5.73 Å². The van der Waals surface area contributed by atoms with Crippen LogP contribution in [0.15, 0.2) is 0 Å². The van der Waals surface area contributed by atoms with Crippen LogP contribution >= 0.6 is 0 Å². The molecule has 1 atom stereocenters. The summed E-state index contributed by atoms with van der Waals surface area (Å²) in [6.07, 6.45) is 3.43. The first-order valence-electron chi connectivity index (χ1n) is 4.63. The van der Waals surface area contributed by atoms with Crippen molar-refractivity contribution >= 4 is 9.84 Å². The summed E-state index contributed by atoms with van der Waals surface area (Å²) in [7, 11) is -2.82. The van der Waals surface area contributed by atoms with Gasteiger partial charge in [-0.05, 0) is 19.4 Å². The Balaban J connectivity index is 2.29. The molecule has 0 amide bonds. The molecule has 0 bridgehead atoms. The van der Waals surface area contributed by atoms with Crippen LogP contribution in [-0.4, -0.2) is 51.0 Å². The summed E-state index contributed by atoms with van der Waals surface area (Å²) >= 11 is 0. The zero-order valence-electron chi connectivity index (χ0n) is 8.07. The van der Waals surface area contributed by atoms with Gasteiger partial charge in [-0.2, -0.15) is 0 Å². The zero-order chi connectivity index (χ0) is 9.90. The topological polar surface area (TPSA) is 63.4 Å². The molecule has 2 N–H and O–H groups in total. The van der Waals surface area contributed by atoms with Crippen molar-refractivity contribution in [1.82, 2.24) is 4.90 Å². The van der Waals surface area contributed by atoms with E-state index in [9.17, 15) is 8.42 Å². The predicted octanol–water partition coefficient (Wildman–Crippen LogP) is -0.546. The van der Waals surface area contributed by atoms with Crippen molar-refractivity contribution in [1.29, 1.82) is 0 Å². The van der Waals surface area contributed by atoms with E-state index in [4.69, 9.17) is 5.73 Å². The third kappa shape index (κ3) is 4.59. The molecule has 0 aromatic carbocycles. The maximum Gasteiger partial charge on any atom is 0.148 e. The average Bonchev–Trinajstić information content (AvgIpc) is 2.00. The lowest BCUT2D eigenvalue weighted by Gasteiger charge is -2.30. The number of piperidine rings is 1. The molecule has 1 fully saturated rings. The minimum atomic E-state index is -2.82. The molecule has 4 nitrogen and oxygen atoms in total. The quantitative estimate of drug-likeness (QED) is 0.673. The lowest BCUT2D eigenvalue weighted by atomic mass is 10.1. The second-order valence-electron chi connectivity index (χ2n) is 3.83. The van der Waals surface area contributed by atoms with Crippen molar-refractivity contribution in [3.63, 3.8) is 0 Å². The van der Waals surface area contributed by atoms with Crippen molar-refractivity contribution in [2.24, 2.45) is 5.73 Å². The van der Waals surface area contributed by atoms with Crippen molar-refractivity contribution in [2.45, 2.75) is 18.9 Å². The van der Waals surface area contributed by atoms with Gasteiger partial charge in [0.25, 0.3) is 0 Å². The van der Waals surface area contributed by atoms with E-state index in [0.717, 1.165) is 25.9 Å². The van der Waals surface area contributed by atoms with Crippen LogP contribution in [0.4, 0.5) is 0 Å². The molecule has 0 spiro atoms. The Bertz CT molecular complexity index is 251. The van der Waals surface area contributed by atoms with Crippen LogP contribution in [0.1, 0.15) is 12.8 Å². The molecule has 78 valence electrons. The van der Waals surface area contributed by atoms with Gasteiger partial charge in [-0.3, -0.25) is 0 Å². The molecule has 1 heterocycles. The van der Waals surface area contributed by atoms with Crippen LogP contribution in [0.25, 0.3) is 0 Å². The van der Waals surface area contributed by atoms with Crippen LogP contribution in [0, 0.1) is 0 Å². The van der Waals surface area contributed by atoms with Crippen molar-refractivity contribution < 1.29 is 8.42 Å². The maximum atomic E-state index is 10.9. The first-order chi connectivity index (χ1) is 5.97. The van der Waals surface area contributed by atoms with E-state index >= 15 is 0 Å². The van der Waals surface area contributed by atoms with E-state index in [1.807, 2.05) is 0 Å². The summed E-state index contributed by atoms with van der Waals surface area (Å²) in [5.74, 6) is 0.250. The second kappa shape index (κ2) is 4.39. The normalized spacial score (nSPS) is 26.2. The summed E-state index contributed by atoms with van der Waals surface area (Å²) in [5, 5.41) is 0. The van der Waals surface area contributed by atoms with E-state index in [-0.39, 0.29) is 11.8 Å². The van der Waals surface area contributed by atoms with Gasteiger partial charge in [-0.1, -0.05) is 0 Å². The van der Waals surface area contributed by atoms with Crippen LogP contribution in [0.5, 0.6) is 0 Å².